The molecule has 3 N–H and O–H groups in total. The number of amides is 1. The molecule has 3 aromatic rings. The zero-order chi connectivity index (χ0) is 22.2. The summed E-state index contributed by atoms with van der Waals surface area (Å²) in [7, 11) is 0. The van der Waals surface area contributed by atoms with E-state index in [0.717, 1.165) is 16.9 Å². The van der Waals surface area contributed by atoms with Gasteiger partial charge in [0.25, 0.3) is 0 Å². The minimum atomic E-state index is -0.323. The number of benzene rings is 2. The van der Waals surface area contributed by atoms with Crippen LogP contribution in [0.25, 0.3) is 0 Å². The Hall–Kier alpha value is -2.69. The fourth-order valence-electron chi connectivity index (χ4n) is 2.52. The zero-order valence-corrected chi connectivity index (χ0v) is 19.6. The highest BCUT2D eigenvalue weighted by molar-refractivity contribution is 9.10. The van der Waals surface area contributed by atoms with Crippen LogP contribution in [0.5, 0.6) is 11.5 Å². The number of nitrogens with two attached hydrogens (primary N) is 1. The Labute approximate surface area is 196 Å². The molecule has 0 aliphatic rings. The molecule has 0 bridgehead atoms. The molecule has 8 nitrogen and oxygen atoms in total. The number of anilines is 1. The van der Waals surface area contributed by atoms with Gasteiger partial charge in [0.1, 0.15) is 11.6 Å². The lowest BCUT2D eigenvalue weighted by Crippen LogP contribution is -2.19. The molecular formula is C20H19BrClN5O3S. The molecule has 0 fully saturated rings. The Kier molecular flexibility index (Phi) is 8.21. The van der Waals surface area contributed by atoms with E-state index in [9.17, 15) is 4.79 Å². The monoisotopic (exact) mass is 523 g/mol. The molecule has 0 aliphatic heterocycles. The van der Waals surface area contributed by atoms with Gasteiger partial charge in [0, 0.05) is 10.6 Å². The Balaban J connectivity index is 1.68. The standard InChI is InChI=1S/C20H19BrClN5O3S/c1-2-29-16-8-12(10-24-25-17(28)9-18-26-27-20(23)31-18)7-14(21)19(16)30-11-13-5-3-4-6-15(13)22/h3-8,10H,2,9,11H2,1H3,(H2,23,27)(H,25,28). The summed E-state index contributed by atoms with van der Waals surface area (Å²) in [5.41, 5.74) is 9.54. The number of aromatic nitrogens is 2. The third kappa shape index (κ3) is 6.65. The van der Waals surface area contributed by atoms with Crippen LogP contribution >= 0.6 is 38.9 Å². The van der Waals surface area contributed by atoms with Crippen LogP contribution in [0.3, 0.4) is 0 Å². The highest BCUT2D eigenvalue weighted by Gasteiger charge is 2.13. The van der Waals surface area contributed by atoms with Crippen molar-refractivity contribution in [2.75, 3.05) is 12.3 Å². The lowest BCUT2D eigenvalue weighted by atomic mass is 10.2. The second-order valence-electron chi connectivity index (χ2n) is 6.15. The van der Waals surface area contributed by atoms with Crippen molar-refractivity contribution in [1.82, 2.24) is 15.6 Å². The Morgan fingerprint density at radius 3 is 2.84 bits per heavy atom. The van der Waals surface area contributed by atoms with E-state index in [4.69, 9.17) is 26.8 Å². The molecule has 2 aromatic carbocycles. The Bertz CT molecular complexity index is 1090. The summed E-state index contributed by atoms with van der Waals surface area (Å²) in [5.74, 6) is 0.772. The Morgan fingerprint density at radius 1 is 1.32 bits per heavy atom. The molecule has 0 saturated carbocycles. The van der Waals surface area contributed by atoms with Crippen LogP contribution in [-0.4, -0.2) is 28.9 Å². The van der Waals surface area contributed by atoms with Crippen LogP contribution in [0.15, 0.2) is 46.0 Å². The first kappa shape index (κ1) is 23.0. The first-order valence-corrected chi connectivity index (χ1v) is 11.2. The van der Waals surface area contributed by atoms with Crippen molar-refractivity contribution in [2.24, 2.45) is 5.10 Å². The molecule has 1 aromatic heterocycles. The number of carbonyl (C=O) groups is 1. The lowest BCUT2D eigenvalue weighted by Gasteiger charge is -2.15. The topological polar surface area (TPSA) is 112 Å². The number of hydrogen-bond donors (Lipinski definition) is 2. The summed E-state index contributed by atoms with van der Waals surface area (Å²) in [4.78, 5) is 12.0. The van der Waals surface area contributed by atoms with Gasteiger partial charge in [-0.2, -0.15) is 5.10 Å². The molecule has 31 heavy (non-hydrogen) atoms. The highest BCUT2D eigenvalue weighted by Crippen LogP contribution is 2.37. The zero-order valence-electron chi connectivity index (χ0n) is 16.5. The van der Waals surface area contributed by atoms with Crippen molar-refractivity contribution in [3.05, 3.63) is 62.0 Å². The third-order valence-electron chi connectivity index (χ3n) is 3.86. The predicted molar refractivity (Wildman–Crippen MR) is 125 cm³/mol. The molecule has 3 rings (SSSR count). The van der Waals surface area contributed by atoms with Crippen molar-refractivity contribution in [1.29, 1.82) is 0 Å². The molecule has 0 saturated heterocycles. The van der Waals surface area contributed by atoms with Crippen LogP contribution in [0, 0.1) is 0 Å². The molecular weight excluding hydrogens is 506 g/mol. The minimum Gasteiger partial charge on any atom is -0.490 e. The van der Waals surface area contributed by atoms with Crippen molar-refractivity contribution in [3.8, 4) is 11.5 Å². The van der Waals surface area contributed by atoms with Gasteiger partial charge in [0.15, 0.2) is 11.5 Å². The van der Waals surface area contributed by atoms with E-state index in [0.29, 0.717) is 43.3 Å². The summed E-state index contributed by atoms with van der Waals surface area (Å²) < 4.78 is 12.4. The van der Waals surface area contributed by atoms with Crippen LogP contribution in [0.2, 0.25) is 5.02 Å². The van der Waals surface area contributed by atoms with E-state index in [1.807, 2.05) is 37.3 Å². The number of nitrogen functional groups attached to an aromatic ring is 1. The van der Waals surface area contributed by atoms with Gasteiger partial charge in [-0.05, 0) is 46.6 Å². The molecule has 0 radical (unpaired) electrons. The summed E-state index contributed by atoms with van der Waals surface area (Å²) in [6.45, 7) is 2.63. The average molecular weight is 525 g/mol. The Morgan fingerprint density at radius 2 is 2.13 bits per heavy atom. The van der Waals surface area contributed by atoms with Gasteiger partial charge in [-0.1, -0.05) is 41.1 Å². The smallest absolute Gasteiger partial charge is 0.247 e. The van der Waals surface area contributed by atoms with E-state index < -0.39 is 0 Å². The fraction of sp³-hybridized carbons (Fsp3) is 0.200. The van der Waals surface area contributed by atoms with Crippen molar-refractivity contribution in [3.63, 3.8) is 0 Å². The van der Waals surface area contributed by atoms with Gasteiger partial charge in [-0.3, -0.25) is 4.79 Å². The largest absolute Gasteiger partial charge is 0.490 e. The number of nitrogens with one attached hydrogen (secondary N) is 1. The fourth-order valence-corrected chi connectivity index (χ4v) is 3.90. The number of carbonyl (C=O) groups excluding carboxylic acids is 1. The van der Waals surface area contributed by atoms with Crippen LogP contribution in [0.1, 0.15) is 23.1 Å². The van der Waals surface area contributed by atoms with Crippen LogP contribution in [0.4, 0.5) is 5.13 Å². The van der Waals surface area contributed by atoms with Crippen molar-refractivity contribution >= 4 is 56.1 Å². The SMILES string of the molecule is CCOc1cc(C=NNC(=O)Cc2nnc(N)s2)cc(Br)c1OCc1ccccc1Cl. The lowest BCUT2D eigenvalue weighted by molar-refractivity contribution is -0.120. The molecule has 1 amide bonds. The van der Waals surface area contributed by atoms with E-state index in [2.05, 4.69) is 36.7 Å². The van der Waals surface area contributed by atoms with Gasteiger partial charge in [-0.15, -0.1) is 10.2 Å². The molecule has 0 aliphatic carbocycles. The first-order valence-electron chi connectivity index (χ1n) is 9.18. The van der Waals surface area contributed by atoms with Gasteiger partial charge in [0.05, 0.1) is 23.7 Å². The number of ether oxygens (including phenoxy) is 2. The quantitative estimate of drug-likeness (QED) is 0.320. The molecule has 0 unspecified atom stereocenters. The van der Waals surface area contributed by atoms with Gasteiger partial charge < -0.3 is 15.2 Å². The second-order valence-corrected chi connectivity index (χ2v) is 8.50. The number of halogens is 2. The maximum atomic E-state index is 12.0. The summed E-state index contributed by atoms with van der Waals surface area (Å²) in [6.07, 6.45) is 1.56. The van der Waals surface area contributed by atoms with E-state index in [1.54, 1.807) is 6.07 Å². The summed E-state index contributed by atoms with van der Waals surface area (Å²) in [5, 5.41) is 12.9. The van der Waals surface area contributed by atoms with E-state index >= 15 is 0 Å². The normalized spacial score (nSPS) is 10.9. The summed E-state index contributed by atoms with van der Waals surface area (Å²) >= 11 is 10.9. The second kappa shape index (κ2) is 11.1. The predicted octanol–water partition coefficient (Wildman–Crippen LogP) is 4.21. The van der Waals surface area contributed by atoms with Crippen molar-refractivity contribution in [2.45, 2.75) is 20.0 Å². The molecule has 11 heteroatoms. The van der Waals surface area contributed by atoms with Gasteiger partial charge in [-0.25, -0.2) is 5.43 Å². The third-order valence-corrected chi connectivity index (χ3v) is 5.57. The number of hydrogen-bond acceptors (Lipinski definition) is 8. The minimum absolute atomic E-state index is 0.0505. The maximum Gasteiger partial charge on any atom is 0.247 e. The highest BCUT2D eigenvalue weighted by atomic mass is 79.9. The maximum absolute atomic E-state index is 12.0. The van der Waals surface area contributed by atoms with Gasteiger partial charge >= 0.3 is 0 Å². The molecule has 0 spiro atoms. The molecule has 1 heterocycles. The van der Waals surface area contributed by atoms with Crippen molar-refractivity contribution < 1.29 is 14.3 Å². The van der Waals surface area contributed by atoms with Gasteiger partial charge in [0.2, 0.25) is 11.0 Å². The van der Waals surface area contributed by atoms with E-state index in [1.165, 1.54) is 6.21 Å². The average Bonchev–Trinajstić information content (AvgIpc) is 3.13. The molecule has 162 valence electrons. The summed E-state index contributed by atoms with van der Waals surface area (Å²) in [6, 6.07) is 11.1. The number of rotatable bonds is 9. The van der Waals surface area contributed by atoms with Crippen LogP contribution < -0.4 is 20.6 Å². The molecule has 0 atom stereocenters. The van der Waals surface area contributed by atoms with E-state index in [-0.39, 0.29) is 18.9 Å². The number of hydrazone groups is 1. The van der Waals surface area contributed by atoms with Crippen LogP contribution in [-0.2, 0) is 17.8 Å². The number of nitrogens with zero attached hydrogens (tertiary/aromatic N) is 3. The first-order chi connectivity index (χ1) is 15.0.